The van der Waals surface area contributed by atoms with Crippen molar-refractivity contribution >= 4 is 29.3 Å². The predicted octanol–water partition coefficient (Wildman–Crippen LogP) is 3.68. The molecule has 0 unspecified atom stereocenters. The average Bonchev–Trinajstić information content (AvgIpc) is 2.45. The Hall–Kier alpha value is -2.26. The highest BCUT2D eigenvalue weighted by Crippen LogP contribution is 2.11. The van der Waals surface area contributed by atoms with E-state index in [2.05, 4.69) is 0 Å². The minimum absolute atomic E-state index is 0.220. The van der Waals surface area contributed by atoms with Crippen molar-refractivity contribution in [1.82, 2.24) is 0 Å². The van der Waals surface area contributed by atoms with Crippen LogP contribution in [0.25, 0.3) is 6.08 Å². The number of benzene rings is 2. The number of hydrogen-bond donors (Lipinski definition) is 1. The molecular weight excluding hydrogens is 274 g/mol. The van der Waals surface area contributed by atoms with Crippen LogP contribution in [0.3, 0.4) is 0 Å². The molecule has 0 fully saturated rings. The quantitative estimate of drug-likeness (QED) is 0.530. The third kappa shape index (κ3) is 4.44. The van der Waals surface area contributed by atoms with Crippen LogP contribution in [0.5, 0.6) is 0 Å². The zero-order valence-corrected chi connectivity index (χ0v) is 11.5. The van der Waals surface area contributed by atoms with Gasteiger partial charge in [-0.05, 0) is 41.5 Å². The molecule has 3 nitrogen and oxygen atoms in total. The standard InChI is InChI=1S/C16H14ClNO2/c17-14-7-4-13(5-8-14)11-20-16(19)9-6-12-2-1-3-15(18)10-12/h1-10H,11,18H2/b9-6+. The topological polar surface area (TPSA) is 52.3 Å². The van der Waals surface area contributed by atoms with Crippen LogP contribution in [-0.4, -0.2) is 5.97 Å². The average molecular weight is 288 g/mol. The number of anilines is 1. The lowest BCUT2D eigenvalue weighted by molar-refractivity contribution is -0.138. The molecule has 2 N–H and O–H groups in total. The summed E-state index contributed by atoms with van der Waals surface area (Å²) in [5, 5.41) is 0.654. The van der Waals surface area contributed by atoms with Crippen molar-refractivity contribution in [2.75, 3.05) is 5.73 Å². The number of carbonyl (C=O) groups excluding carboxylic acids is 1. The van der Waals surface area contributed by atoms with E-state index < -0.39 is 5.97 Å². The second-order valence-corrected chi connectivity index (χ2v) is 4.67. The summed E-state index contributed by atoms with van der Waals surface area (Å²) in [5.74, 6) is -0.401. The first-order valence-corrected chi connectivity index (χ1v) is 6.46. The van der Waals surface area contributed by atoms with Gasteiger partial charge in [0.25, 0.3) is 0 Å². The van der Waals surface area contributed by atoms with Crippen LogP contribution < -0.4 is 5.73 Å². The van der Waals surface area contributed by atoms with Gasteiger partial charge < -0.3 is 10.5 Å². The van der Waals surface area contributed by atoms with E-state index in [9.17, 15) is 4.79 Å². The molecule has 0 amide bonds. The van der Waals surface area contributed by atoms with E-state index in [-0.39, 0.29) is 6.61 Å². The molecule has 2 aromatic carbocycles. The minimum atomic E-state index is -0.401. The first kappa shape index (κ1) is 14.2. The van der Waals surface area contributed by atoms with E-state index in [1.807, 2.05) is 24.3 Å². The molecular formula is C16H14ClNO2. The van der Waals surface area contributed by atoms with Crippen molar-refractivity contribution in [3.63, 3.8) is 0 Å². The lowest BCUT2D eigenvalue weighted by atomic mass is 10.2. The number of nitrogens with two attached hydrogens (primary N) is 1. The number of carbonyl (C=O) groups is 1. The Labute approximate surface area is 122 Å². The Morgan fingerprint density at radius 2 is 1.95 bits per heavy atom. The highest BCUT2D eigenvalue weighted by molar-refractivity contribution is 6.30. The zero-order valence-electron chi connectivity index (χ0n) is 10.8. The Balaban J connectivity index is 1.88. The van der Waals surface area contributed by atoms with E-state index in [1.165, 1.54) is 6.08 Å². The molecule has 0 radical (unpaired) electrons. The summed E-state index contributed by atoms with van der Waals surface area (Å²) < 4.78 is 5.12. The zero-order chi connectivity index (χ0) is 14.4. The molecule has 0 saturated heterocycles. The van der Waals surface area contributed by atoms with E-state index in [0.29, 0.717) is 10.7 Å². The number of esters is 1. The fraction of sp³-hybridized carbons (Fsp3) is 0.0625. The molecule has 20 heavy (non-hydrogen) atoms. The Morgan fingerprint density at radius 3 is 2.65 bits per heavy atom. The molecule has 102 valence electrons. The molecule has 0 aliphatic heterocycles. The SMILES string of the molecule is Nc1cccc(/C=C/C(=O)OCc2ccc(Cl)cc2)c1. The number of halogens is 1. The smallest absolute Gasteiger partial charge is 0.331 e. The number of hydrogen-bond acceptors (Lipinski definition) is 3. The molecule has 0 saturated carbocycles. The summed E-state index contributed by atoms with van der Waals surface area (Å²) in [5.41, 5.74) is 8.05. The Morgan fingerprint density at radius 1 is 1.20 bits per heavy atom. The van der Waals surface area contributed by atoms with Gasteiger partial charge in [-0.15, -0.1) is 0 Å². The largest absolute Gasteiger partial charge is 0.458 e. The van der Waals surface area contributed by atoms with Gasteiger partial charge >= 0.3 is 5.97 Å². The molecule has 0 aliphatic carbocycles. The second-order valence-electron chi connectivity index (χ2n) is 4.24. The first-order chi connectivity index (χ1) is 9.63. The van der Waals surface area contributed by atoms with Crippen molar-refractivity contribution in [1.29, 1.82) is 0 Å². The van der Waals surface area contributed by atoms with Gasteiger partial charge in [-0.3, -0.25) is 0 Å². The van der Waals surface area contributed by atoms with Crippen molar-refractivity contribution in [2.24, 2.45) is 0 Å². The van der Waals surface area contributed by atoms with E-state index in [0.717, 1.165) is 11.1 Å². The summed E-state index contributed by atoms with van der Waals surface area (Å²) in [7, 11) is 0. The Kier molecular flexibility index (Phi) is 4.80. The normalized spacial score (nSPS) is 10.7. The summed E-state index contributed by atoms with van der Waals surface area (Å²) in [6, 6.07) is 14.4. The predicted molar refractivity (Wildman–Crippen MR) is 81.1 cm³/mol. The lowest BCUT2D eigenvalue weighted by Crippen LogP contribution is -2.00. The molecule has 2 rings (SSSR count). The van der Waals surface area contributed by atoms with Crippen LogP contribution >= 0.6 is 11.6 Å². The van der Waals surface area contributed by atoms with E-state index >= 15 is 0 Å². The van der Waals surface area contributed by atoms with Crippen LogP contribution in [0.2, 0.25) is 5.02 Å². The highest BCUT2D eigenvalue weighted by atomic mass is 35.5. The molecule has 0 bridgehead atoms. The lowest BCUT2D eigenvalue weighted by Gasteiger charge is -2.02. The van der Waals surface area contributed by atoms with Crippen LogP contribution in [-0.2, 0) is 16.1 Å². The molecule has 4 heteroatoms. The van der Waals surface area contributed by atoms with Crippen LogP contribution in [0.4, 0.5) is 5.69 Å². The summed E-state index contributed by atoms with van der Waals surface area (Å²) in [6.45, 7) is 0.220. The summed E-state index contributed by atoms with van der Waals surface area (Å²) >= 11 is 5.78. The number of nitrogen functional groups attached to an aromatic ring is 1. The van der Waals surface area contributed by atoms with Gasteiger partial charge in [-0.25, -0.2) is 4.79 Å². The van der Waals surface area contributed by atoms with Crippen molar-refractivity contribution in [3.05, 3.63) is 70.8 Å². The number of rotatable bonds is 4. The molecule has 0 atom stereocenters. The first-order valence-electron chi connectivity index (χ1n) is 6.08. The van der Waals surface area contributed by atoms with Gasteiger partial charge in [0, 0.05) is 16.8 Å². The van der Waals surface area contributed by atoms with Crippen LogP contribution in [0, 0.1) is 0 Å². The second kappa shape index (κ2) is 6.78. The molecule has 0 aromatic heterocycles. The molecule has 0 spiro atoms. The Bertz CT molecular complexity index is 621. The maximum Gasteiger partial charge on any atom is 0.331 e. The van der Waals surface area contributed by atoms with Gasteiger partial charge in [0.05, 0.1) is 0 Å². The fourth-order valence-electron chi connectivity index (χ4n) is 1.61. The molecule has 2 aromatic rings. The maximum absolute atomic E-state index is 11.6. The van der Waals surface area contributed by atoms with Crippen molar-refractivity contribution in [2.45, 2.75) is 6.61 Å². The maximum atomic E-state index is 11.6. The monoisotopic (exact) mass is 287 g/mol. The van der Waals surface area contributed by atoms with Gasteiger partial charge in [0.2, 0.25) is 0 Å². The van der Waals surface area contributed by atoms with Crippen LogP contribution in [0.15, 0.2) is 54.6 Å². The minimum Gasteiger partial charge on any atom is -0.458 e. The van der Waals surface area contributed by atoms with Gasteiger partial charge in [-0.2, -0.15) is 0 Å². The molecule has 0 aliphatic rings. The van der Waals surface area contributed by atoms with E-state index in [4.69, 9.17) is 22.1 Å². The summed E-state index contributed by atoms with van der Waals surface area (Å²) in [6.07, 6.45) is 3.05. The van der Waals surface area contributed by atoms with Crippen molar-refractivity contribution in [3.8, 4) is 0 Å². The molecule has 0 heterocycles. The van der Waals surface area contributed by atoms with Gasteiger partial charge in [-0.1, -0.05) is 35.9 Å². The van der Waals surface area contributed by atoms with E-state index in [1.54, 1.807) is 30.3 Å². The third-order valence-corrected chi connectivity index (χ3v) is 2.87. The third-order valence-electron chi connectivity index (χ3n) is 2.62. The highest BCUT2D eigenvalue weighted by Gasteiger charge is 1.99. The van der Waals surface area contributed by atoms with Gasteiger partial charge in [0.15, 0.2) is 0 Å². The number of ether oxygens (including phenoxy) is 1. The summed E-state index contributed by atoms with van der Waals surface area (Å²) in [4.78, 5) is 11.6. The van der Waals surface area contributed by atoms with Crippen LogP contribution in [0.1, 0.15) is 11.1 Å². The van der Waals surface area contributed by atoms with Gasteiger partial charge in [0.1, 0.15) is 6.61 Å². The fourth-order valence-corrected chi connectivity index (χ4v) is 1.74. The van der Waals surface area contributed by atoms with Crippen molar-refractivity contribution < 1.29 is 9.53 Å².